The fourth-order valence-corrected chi connectivity index (χ4v) is 5.96. The van der Waals surface area contributed by atoms with Gasteiger partial charge in [-0.2, -0.15) is 10.5 Å². The van der Waals surface area contributed by atoms with Gasteiger partial charge in [-0.05, 0) is 67.8 Å². The third-order valence-electron chi connectivity index (χ3n) is 7.58. The normalized spacial score (nSPS) is 15.8. The maximum Gasteiger partial charge on any atom is 0.237 e. The van der Waals surface area contributed by atoms with Gasteiger partial charge in [0.1, 0.15) is 23.5 Å². The van der Waals surface area contributed by atoms with Gasteiger partial charge in [0.2, 0.25) is 5.70 Å². The molecule has 2 heterocycles. The summed E-state index contributed by atoms with van der Waals surface area (Å²) in [6.07, 6.45) is 9.01. The fourth-order valence-electron chi connectivity index (χ4n) is 5.15. The SMILES string of the molecule is [C-]#[N+]C1=C(/C=C/c2ccc(/C=C/c3ccc(N(CCO)CCO)cc3OCCCCO)s2)C(C)(c2ccccc2)OC1=C(C#N)C#N. The second kappa shape index (κ2) is 17.0. The molecule has 0 amide bonds. The fraction of sp³-hybridized carbons (Fsp3) is 0.270. The molecule has 240 valence electrons. The molecule has 0 bridgehead atoms. The smallest absolute Gasteiger partial charge is 0.237 e. The quantitative estimate of drug-likeness (QED) is 0.0994. The molecule has 1 aromatic heterocycles. The summed E-state index contributed by atoms with van der Waals surface area (Å²) < 4.78 is 12.3. The maximum atomic E-state index is 9.54. The number of thiophene rings is 1. The second-order valence-corrected chi connectivity index (χ2v) is 11.8. The third kappa shape index (κ3) is 8.37. The predicted octanol–water partition coefficient (Wildman–Crippen LogP) is 6.29. The number of unbranched alkanes of at least 4 members (excludes halogenated alkanes) is 1. The molecule has 0 aliphatic carbocycles. The van der Waals surface area contributed by atoms with Crippen LogP contribution in [0.1, 0.15) is 40.6 Å². The Balaban J connectivity index is 1.63. The van der Waals surface area contributed by atoms with Crippen molar-refractivity contribution >= 4 is 35.3 Å². The van der Waals surface area contributed by atoms with Gasteiger partial charge in [0.15, 0.2) is 11.3 Å². The number of allylic oxidation sites excluding steroid dienone is 1. The molecule has 3 N–H and O–H groups in total. The highest BCUT2D eigenvalue weighted by Crippen LogP contribution is 2.47. The molecule has 0 fully saturated rings. The summed E-state index contributed by atoms with van der Waals surface area (Å²) in [4.78, 5) is 7.47. The standard InChI is InChI=1S/C37H36N4O5S/c1-37(29-8-4-3-5-9-29)33(35(40-2)36(46-37)28(25-38)26-39)17-16-32-15-14-31(47-32)13-11-27-10-12-30(41(18-21-43)19-22-44)24-34(27)45-23-7-6-20-42/h3-5,8-17,24,42-44H,6-7,18-23H2,1H3/b13-11+,17-16+. The second-order valence-electron chi connectivity index (χ2n) is 10.6. The van der Waals surface area contributed by atoms with E-state index in [1.165, 1.54) is 0 Å². The zero-order valence-electron chi connectivity index (χ0n) is 26.1. The molecule has 47 heavy (non-hydrogen) atoms. The summed E-state index contributed by atoms with van der Waals surface area (Å²) in [6, 6.07) is 22.8. The van der Waals surface area contributed by atoms with E-state index in [1.807, 2.05) is 109 Å². The maximum absolute atomic E-state index is 9.54. The highest BCUT2D eigenvalue weighted by molar-refractivity contribution is 7.13. The van der Waals surface area contributed by atoms with Crippen LogP contribution in [0.2, 0.25) is 0 Å². The minimum Gasteiger partial charge on any atom is -0.493 e. The Hall–Kier alpha value is -5.15. The van der Waals surface area contributed by atoms with Crippen molar-refractivity contribution < 1.29 is 24.8 Å². The number of rotatable bonds is 15. The van der Waals surface area contributed by atoms with Gasteiger partial charge in [-0.3, -0.25) is 0 Å². The number of nitriles is 2. The van der Waals surface area contributed by atoms with Crippen LogP contribution < -0.4 is 9.64 Å². The highest BCUT2D eigenvalue weighted by atomic mass is 32.1. The summed E-state index contributed by atoms with van der Waals surface area (Å²) in [5.41, 5.74) is 1.84. The monoisotopic (exact) mass is 648 g/mol. The van der Waals surface area contributed by atoms with E-state index in [0.29, 0.717) is 43.9 Å². The van der Waals surface area contributed by atoms with Crippen LogP contribution >= 0.6 is 11.3 Å². The first-order chi connectivity index (χ1) is 22.9. The minimum atomic E-state index is -1.07. The number of hydrogen-bond acceptors (Lipinski definition) is 9. The number of hydrogen-bond donors (Lipinski definition) is 3. The molecule has 1 unspecified atom stereocenters. The summed E-state index contributed by atoms with van der Waals surface area (Å²) >= 11 is 1.54. The predicted molar refractivity (Wildman–Crippen MR) is 184 cm³/mol. The summed E-state index contributed by atoms with van der Waals surface area (Å²) in [6.45, 7) is 10.9. The number of aliphatic hydroxyl groups is 3. The molecule has 9 nitrogen and oxygen atoms in total. The van der Waals surface area contributed by atoms with E-state index < -0.39 is 5.60 Å². The van der Waals surface area contributed by atoms with E-state index in [2.05, 4.69) is 4.85 Å². The Bertz CT molecular complexity index is 1770. The molecule has 4 rings (SSSR count). The van der Waals surface area contributed by atoms with Crippen molar-refractivity contribution in [2.45, 2.75) is 25.4 Å². The zero-order chi connectivity index (χ0) is 33.6. The molecule has 1 aliphatic heterocycles. The van der Waals surface area contributed by atoms with Gasteiger partial charge >= 0.3 is 0 Å². The lowest BCUT2D eigenvalue weighted by molar-refractivity contribution is 0.0755. The molecule has 0 saturated carbocycles. The van der Waals surface area contributed by atoms with Gasteiger partial charge in [-0.25, -0.2) is 4.85 Å². The van der Waals surface area contributed by atoms with Crippen LogP contribution in [0.4, 0.5) is 5.69 Å². The van der Waals surface area contributed by atoms with Gasteiger partial charge in [-0.15, -0.1) is 11.3 Å². The summed E-state index contributed by atoms with van der Waals surface area (Å²) in [5, 5.41) is 47.2. The van der Waals surface area contributed by atoms with Gasteiger partial charge in [-0.1, -0.05) is 36.4 Å². The van der Waals surface area contributed by atoms with Crippen LogP contribution in [-0.2, 0) is 10.3 Å². The molecule has 1 atom stereocenters. The zero-order valence-corrected chi connectivity index (χ0v) is 26.9. The molecular weight excluding hydrogens is 612 g/mol. The molecule has 0 radical (unpaired) electrons. The topological polar surface area (TPSA) is 134 Å². The first kappa shape index (κ1) is 34.7. The van der Waals surface area contributed by atoms with Crippen molar-refractivity contribution in [1.82, 2.24) is 0 Å². The number of anilines is 1. The van der Waals surface area contributed by atoms with Gasteiger partial charge in [0.25, 0.3) is 0 Å². The molecule has 10 heteroatoms. The number of aliphatic hydroxyl groups excluding tert-OH is 3. The Morgan fingerprint density at radius 2 is 1.62 bits per heavy atom. The van der Waals surface area contributed by atoms with Crippen LogP contribution in [0.25, 0.3) is 23.1 Å². The Morgan fingerprint density at radius 3 is 2.23 bits per heavy atom. The molecule has 3 aromatic rings. The number of nitrogens with zero attached hydrogens (tertiary/aromatic N) is 4. The Labute approximate surface area is 279 Å². The van der Waals surface area contributed by atoms with Crippen LogP contribution in [0.3, 0.4) is 0 Å². The van der Waals surface area contributed by atoms with Crippen LogP contribution in [0.15, 0.2) is 89.3 Å². The lowest BCUT2D eigenvalue weighted by Crippen LogP contribution is -2.29. The van der Waals surface area contributed by atoms with E-state index in [-0.39, 0.29) is 36.8 Å². The van der Waals surface area contributed by atoms with Crippen molar-refractivity contribution in [3.63, 3.8) is 0 Å². The summed E-state index contributed by atoms with van der Waals surface area (Å²) in [5.74, 6) is 0.648. The molecule has 0 saturated heterocycles. The minimum absolute atomic E-state index is 0.0120. The molecular formula is C37H36N4O5S. The van der Waals surface area contributed by atoms with E-state index in [4.69, 9.17) is 21.2 Å². The van der Waals surface area contributed by atoms with Crippen molar-refractivity contribution in [2.75, 3.05) is 44.4 Å². The first-order valence-electron chi connectivity index (χ1n) is 15.1. The van der Waals surface area contributed by atoms with E-state index >= 15 is 0 Å². The van der Waals surface area contributed by atoms with Crippen LogP contribution in [-0.4, -0.2) is 54.8 Å². The van der Waals surface area contributed by atoms with Gasteiger partial charge < -0.3 is 29.7 Å². The lowest BCUT2D eigenvalue weighted by Gasteiger charge is -2.28. The number of benzene rings is 2. The van der Waals surface area contributed by atoms with Crippen LogP contribution in [0.5, 0.6) is 5.75 Å². The van der Waals surface area contributed by atoms with E-state index in [0.717, 1.165) is 26.6 Å². The van der Waals surface area contributed by atoms with Crippen molar-refractivity contribution in [3.8, 4) is 17.9 Å². The average molecular weight is 649 g/mol. The molecule has 2 aromatic carbocycles. The average Bonchev–Trinajstić information content (AvgIpc) is 3.67. The van der Waals surface area contributed by atoms with Crippen molar-refractivity contribution in [2.24, 2.45) is 0 Å². The Morgan fingerprint density at radius 1 is 0.936 bits per heavy atom. The van der Waals surface area contributed by atoms with E-state index in [1.54, 1.807) is 11.3 Å². The molecule has 0 spiro atoms. The molecule has 1 aliphatic rings. The van der Waals surface area contributed by atoms with Crippen LogP contribution in [0, 0.1) is 29.2 Å². The Kier molecular flexibility index (Phi) is 12.5. The van der Waals surface area contributed by atoms with Gasteiger partial charge in [0, 0.05) is 52.3 Å². The van der Waals surface area contributed by atoms with Crippen molar-refractivity contribution in [3.05, 3.63) is 122 Å². The summed E-state index contributed by atoms with van der Waals surface area (Å²) in [7, 11) is 0. The highest BCUT2D eigenvalue weighted by Gasteiger charge is 2.43. The van der Waals surface area contributed by atoms with Gasteiger partial charge in [0.05, 0.1) is 26.4 Å². The lowest BCUT2D eigenvalue weighted by atomic mass is 9.87. The van der Waals surface area contributed by atoms with E-state index in [9.17, 15) is 20.7 Å². The number of ether oxygens (including phenoxy) is 2. The first-order valence-corrected chi connectivity index (χ1v) is 16.0. The largest absolute Gasteiger partial charge is 0.493 e. The van der Waals surface area contributed by atoms with Crippen molar-refractivity contribution in [1.29, 1.82) is 10.5 Å². The third-order valence-corrected chi connectivity index (χ3v) is 8.59.